The summed E-state index contributed by atoms with van der Waals surface area (Å²) in [6.45, 7) is 2.54. The molecule has 1 aliphatic rings. The zero-order chi connectivity index (χ0) is 14.1. The number of aryl methyl sites for hydroxylation is 1. The Labute approximate surface area is 108 Å². The largest absolute Gasteiger partial charge is 0.492 e. The summed E-state index contributed by atoms with van der Waals surface area (Å²) in [4.78, 5) is 0. The summed E-state index contributed by atoms with van der Waals surface area (Å²) in [5.41, 5.74) is -0.695. The van der Waals surface area contributed by atoms with Crippen molar-refractivity contribution in [1.82, 2.24) is 0 Å². The van der Waals surface area contributed by atoms with Gasteiger partial charge in [-0.25, -0.2) is 0 Å². The lowest BCUT2D eigenvalue weighted by molar-refractivity contribution is -0.153. The molecular formula is C13H15F3O3. The van der Waals surface area contributed by atoms with Gasteiger partial charge in [-0.2, -0.15) is 13.2 Å². The lowest BCUT2D eigenvalue weighted by Gasteiger charge is -2.39. The SMILES string of the molecule is Cc1cc(C(F)(F)F)ccc1OCC1(CO)COC1. The summed E-state index contributed by atoms with van der Waals surface area (Å²) in [6, 6.07) is 3.35. The summed E-state index contributed by atoms with van der Waals surface area (Å²) in [6.07, 6.45) is -4.35. The van der Waals surface area contributed by atoms with E-state index in [1.807, 2.05) is 0 Å². The summed E-state index contributed by atoms with van der Waals surface area (Å²) in [7, 11) is 0. The molecule has 1 aliphatic heterocycles. The van der Waals surface area contributed by atoms with Crippen LogP contribution in [0.5, 0.6) is 5.75 Å². The molecule has 0 unspecified atom stereocenters. The Morgan fingerprint density at radius 1 is 1.37 bits per heavy atom. The minimum atomic E-state index is -4.35. The van der Waals surface area contributed by atoms with Crippen LogP contribution in [-0.4, -0.2) is 31.5 Å². The molecule has 2 rings (SSSR count). The Morgan fingerprint density at radius 3 is 2.47 bits per heavy atom. The second kappa shape index (κ2) is 5.02. The van der Waals surface area contributed by atoms with Gasteiger partial charge in [-0.15, -0.1) is 0 Å². The van der Waals surface area contributed by atoms with E-state index >= 15 is 0 Å². The van der Waals surface area contributed by atoms with Crippen LogP contribution >= 0.6 is 0 Å². The van der Waals surface area contributed by atoms with Gasteiger partial charge in [0.05, 0.1) is 30.8 Å². The molecule has 3 nitrogen and oxygen atoms in total. The summed E-state index contributed by atoms with van der Waals surface area (Å²) in [5.74, 6) is 0.396. The van der Waals surface area contributed by atoms with Gasteiger partial charge in [0, 0.05) is 0 Å². The van der Waals surface area contributed by atoms with Crippen molar-refractivity contribution in [2.45, 2.75) is 13.1 Å². The zero-order valence-electron chi connectivity index (χ0n) is 10.5. The van der Waals surface area contributed by atoms with Crippen LogP contribution in [0.3, 0.4) is 0 Å². The predicted molar refractivity (Wildman–Crippen MR) is 62.0 cm³/mol. The third-order valence-electron chi connectivity index (χ3n) is 3.19. The van der Waals surface area contributed by atoms with Crippen molar-refractivity contribution >= 4 is 0 Å². The van der Waals surface area contributed by atoms with Gasteiger partial charge in [0.15, 0.2) is 0 Å². The molecule has 1 N–H and O–H groups in total. The molecule has 1 aromatic rings. The van der Waals surface area contributed by atoms with Crippen LogP contribution in [-0.2, 0) is 10.9 Å². The molecule has 0 aromatic heterocycles. The highest BCUT2D eigenvalue weighted by atomic mass is 19.4. The van der Waals surface area contributed by atoms with E-state index in [2.05, 4.69) is 0 Å². The molecule has 0 saturated carbocycles. The van der Waals surface area contributed by atoms with Gasteiger partial charge >= 0.3 is 6.18 Å². The standard InChI is InChI=1S/C13H15F3O3/c1-9-4-10(13(14,15)16)2-3-11(9)19-8-12(5-17)6-18-7-12/h2-4,17H,5-8H2,1H3. The third-order valence-corrected chi connectivity index (χ3v) is 3.19. The number of hydrogen-bond donors (Lipinski definition) is 1. The lowest BCUT2D eigenvalue weighted by atomic mass is 9.88. The Balaban J connectivity index is 2.05. The molecule has 1 aromatic carbocycles. The molecule has 1 heterocycles. The maximum atomic E-state index is 12.5. The molecule has 0 aliphatic carbocycles. The minimum absolute atomic E-state index is 0.0628. The molecule has 0 bridgehead atoms. The van der Waals surface area contributed by atoms with Gasteiger partial charge < -0.3 is 14.6 Å². The van der Waals surface area contributed by atoms with Crippen molar-refractivity contribution in [1.29, 1.82) is 0 Å². The second-order valence-electron chi connectivity index (χ2n) is 4.92. The molecule has 0 spiro atoms. The highest BCUT2D eigenvalue weighted by Gasteiger charge is 2.39. The summed E-state index contributed by atoms with van der Waals surface area (Å²) in [5, 5.41) is 9.23. The second-order valence-corrected chi connectivity index (χ2v) is 4.92. The van der Waals surface area contributed by atoms with E-state index in [0.29, 0.717) is 24.5 Å². The number of halogens is 3. The van der Waals surface area contributed by atoms with E-state index in [4.69, 9.17) is 9.47 Å². The van der Waals surface area contributed by atoms with Crippen molar-refractivity contribution in [3.05, 3.63) is 29.3 Å². The average molecular weight is 276 g/mol. The molecule has 1 saturated heterocycles. The Kier molecular flexibility index (Phi) is 3.73. The van der Waals surface area contributed by atoms with E-state index in [9.17, 15) is 18.3 Å². The van der Waals surface area contributed by atoms with Crippen molar-refractivity contribution in [2.24, 2.45) is 5.41 Å². The van der Waals surface area contributed by atoms with Crippen LogP contribution in [0.2, 0.25) is 0 Å². The topological polar surface area (TPSA) is 38.7 Å². The molecule has 6 heteroatoms. The number of rotatable bonds is 4. The smallest absolute Gasteiger partial charge is 0.416 e. The van der Waals surface area contributed by atoms with Gasteiger partial charge in [-0.05, 0) is 30.7 Å². The molecule has 19 heavy (non-hydrogen) atoms. The Hall–Kier alpha value is -1.27. The monoisotopic (exact) mass is 276 g/mol. The van der Waals surface area contributed by atoms with Crippen LogP contribution in [0.25, 0.3) is 0 Å². The molecule has 106 valence electrons. The van der Waals surface area contributed by atoms with Crippen LogP contribution in [0, 0.1) is 12.3 Å². The number of aliphatic hydroxyl groups excluding tert-OH is 1. The number of ether oxygens (including phenoxy) is 2. The third kappa shape index (κ3) is 3.01. The van der Waals surface area contributed by atoms with Crippen LogP contribution in [0.15, 0.2) is 18.2 Å². The van der Waals surface area contributed by atoms with Crippen molar-refractivity contribution < 1.29 is 27.8 Å². The van der Waals surface area contributed by atoms with Crippen molar-refractivity contribution in [3.63, 3.8) is 0 Å². The van der Waals surface area contributed by atoms with Crippen molar-refractivity contribution in [2.75, 3.05) is 26.4 Å². The fourth-order valence-corrected chi connectivity index (χ4v) is 1.83. The number of benzene rings is 1. The van der Waals surface area contributed by atoms with E-state index < -0.39 is 17.2 Å². The Morgan fingerprint density at radius 2 is 2.05 bits per heavy atom. The summed E-state index contributed by atoms with van der Waals surface area (Å²) < 4.78 is 48.0. The average Bonchev–Trinajstić information content (AvgIpc) is 2.28. The van der Waals surface area contributed by atoms with Crippen molar-refractivity contribution in [3.8, 4) is 5.75 Å². The van der Waals surface area contributed by atoms with Crippen LogP contribution in [0.4, 0.5) is 13.2 Å². The van der Waals surface area contributed by atoms with E-state index in [-0.39, 0.29) is 13.2 Å². The molecule has 0 amide bonds. The van der Waals surface area contributed by atoms with Crippen LogP contribution < -0.4 is 4.74 Å². The van der Waals surface area contributed by atoms with Crippen LogP contribution in [0.1, 0.15) is 11.1 Å². The van der Waals surface area contributed by atoms with Gasteiger partial charge in [0.25, 0.3) is 0 Å². The molecule has 1 fully saturated rings. The first-order valence-electron chi connectivity index (χ1n) is 5.86. The lowest BCUT2D eigenvalue weighted by Crippen LogP contribution is -2.49. The number of aliphatic hydroxyl groups is 1. The molecular weight excluding hydrogens is 261 g/mol. The maximum absolute atomic E-state index is 12.5. The van der Waals surface area contributed by atoms with E-state index in [1.54, 1.807) is 6.92 Å². The fourth-order valence-electron chi connectivity index (χ4n) is 1.83. The first-order chi connectivity index (χ1) is 8.86. The van der Waals surface area contributed by atoms with Gasteiger partial charge in [0.2, 0.25) is 0 Å². The van der Waals surface area contributed by atoms with Gasteiger partial charge in [-0.3, -0.25) is 0 Å². The van der Waals surface area contributed by atoms with E-state index in [1.165, 1.54) is 6.07 Å². The van der Waals surface area contributed by atoms with Gasteiger partial charge in [-0.1, -0.05) is 0 Å². The maximum Gasteiger partial charge on any atom is 0.416 e. The first-order valence-corrected chi connectivity index (χ1v) is 5.86. The van der Waals surface area contributed by atoms with Gasteiger partial charge in [0.1, 0.15) is 12.4 Å². The predicted octanol–water partition coefficient (Wildman–Crippen LogP) is 2.40. The summed E-state index contributed by atoms with van der Waals surface area (Å²) >= 11 is 0. The quantitative estimate of drug-likeness (QED) is 0.917. The minimum Gasteiger partial charge on any atom is -0.492 e. The van der Waals surface area contributed by atoms with E-state index in [0.717, 1.165) is 12.1 Å². The highest BCUT2D eigenvalue weighted by molar-refractivity contribution is 5.37. The molecule has 0 atom stereocenters. The molecule has 0 radical (unpaired) electrons. The zero-order valence-corrected chi connectivity index (χ0v) is 10.5. The Bertz CT molecular complexity index is 447. The fraction of sp³-hybridized carbons (Fsp3) is 0.538. The normalized spacial score (nSPS) is 17.9. The highest BCUT2D eigenvalue weighted by Crippen LogP contribution is 2.33. The first kappa shape index (κ1) is 14.1. The number of alkyl halides is 3. The number of hydrogen-bond acceptors (Lipinski definition) is 3.